The van der Waals surface area contributed by atoms with Gasteiger partial charge in [-0.3, -0.25) is 15.0 Å². The number of carbonyl (C=O) groups is 1. The van der Waals surface area contributed by atoms with Gasteiger partial charge in [-0.2, -0.15) is 0 Å². The number of amides is 1. The summed E-state index contributed by atoms with van der Waals surface area (Å²) < 4.78 is 6.07. The van der Waals surface area contributed by atoms with Crippen LogP contribution in [-0.2, 0) is 4.79 Å². The molecule has 0 spiro atoms. The lowest BCUT2D eigenvalue weighted by Crippen LogP contribution is -2.48. The van der Waals surface area contributed by atoms with Gasteiger partial charge in [0.2, 0.25) is 11.9 Å². The number of furan rings is 1. The summed E-state index contributed by atoms with van der Waals surface area (Å²) >= 11 is 0. The van der Waals surface area contributed by atoms with Crippen LogP contribution < -0.4 is 10.6 Å². The van der Waals surface area contributed by atoms with Crippen molar-refractivity contribution in [2.75, 3.05) is 32.7 Å². The fourth-order valence-corrected chi connectivity index (χ4v) is 4.14. The van der Waals surface area contributed by atoms with Crippen LogP contribution >= 0.6 is 0 Å². The van der Waals surface area contributed by atoms with Crippen molar-refractivity contribution in [2.24, 2.45) is 9.98 Å². The van der Waals surface area contributed by atoms with Crippen molar-refractivity contribution in [3.8, 4) is 0 Å². The summed E-state index contributed by atoms with van der Waals surface area (Å²) in [6.07, 6.45) is 0.611. The highest BCUT2D eigenvalue weighted by Gasteiger charge is 2.25. The Morgan fingerprint density at radius 3 is 2.72 bits per heavy atom. The molecule has 0 radical (unpaired) electrons. The second-order valence-electron chi connectivity index (χ2n) is 8.36. The number of para-hydroxylation sites is 1. The molecule has 2 aliphatic heterocycles. The third-order valence-corrected chi connectivity index (χ3v) is 5.91. The van der Waals surface area contributed by atoms with E-state index in [0.717, 1.165) is 48.4 Å². The molecule has 7 nitrogen and oxygen atoms in total. The first-order chi connectivity index (χ1) is 15.6. The maximum absolute atomic E-state index is 12.7. The van der Waals surface area contributed by atoms with Crippen molar-refractivity contribution in [3.63, 3.8) is 0 Å². The van der Waals surface area contributed by atoms with Gasteiger partial charge in [-0.15, -0.1) is 0 Å². The molecule has 32 heavy (non-hydrogen) atoms. The van der Waals surface area contributed by atoms with Crippen LogP contribution in [0.1, 0.15) is 29.3 Å². The summed E-state index contributed by atoms with van der Waals surface area (Å²) in [5.74, 6) is 0.965. The van der Waals surface area contributed by atoms with E-state index >= 15 is 0 Å². The number of hydrogen-bond acceptors (Lipinski definition) is 6. The number of piperazine rings is 1. The normalized spacial score (nSPS) is 19.5. The number of nitrogens with zero attached hydrogens (tertiary/aromatic N) is 3. The zero-order chi connectivity index (χ0) is 21.9. The lowest BCUT2D eigenvalue weighted by Gasteiger charge is -2.26. The van der Waals surface area contributed by atoms with Gasteiger partial charge in [-0.05, 0) is 24.6 Å². The molecule has 1 atom stereocenters. The Hall–Kier alpha value is -3.29. The van der Waals surface area contributed by atoms with Crippen LogP contribution in [0.2, 0.25) is 0 Å². The summed E-state index contributed by atoms with van der Waals surface area (Å²) in [5.41, 5.74) is 3.90. The van der Waals surface area contributed by atoms with Gasteiger partial charge in [0.15, 0.2) is 0 Å². The summed E-state index contributed by atoms with van der Waals surface area (Å²) in [7, 11) is 0. The molecule has 1 aromatic heterocycles. The Morgan fingerprint density at radius 2 is 1.94 bits per heavy atom. The van der Waals surface area contributed by atoms with Crippen LogP contribution in [-0.4, -0.2) is 55.2 Å². The average Bonchev–Trinajstić information content (AvgIpc) is 3.24. The first kappa shape index (κ1) is 20.6. The lowest BCUT2D eigenvalue weighted by molar-refractivity contribution is -0.121. The maximum atomic E-state index is 12.7. The highest BCUT2D eigenvalue weighted by molar-refractivity contribution is 6.11. The molecule has 2 aliphatic rings. The number of hydrogen-bond donors (Lipinski definition) is 2. The Morgan fingerprint density at radius 1 is 1.16 bits per heavy atom. The Labute approximate surface area is 187 Å². The summed E-state index contributed by atoms with van der Waals surface area (Å²) in [5, 5.41) is 7.26. The Bertz CT molecular complexity index is 1140. The molecule has 3 aromatic rings. The molecule has 1 amide bonds. The second kappa shape index (κ2) is 9.06. The summed E-state index contributed by atoms with van der Waals surface area (Å²) in [6.45, 7) is 5.93. The fourth-order valence-electron chi connectivity index (χ4n) is 4.14. The molecule has 0 saturated carbocycles. The zero-order valence-electron chi connectivity index (χ0n) is 18.2. The van der Waals surface area contributed by atoms with Crippen molar-refractivity contribution in [3.05, 3.63) is 71.5 Å². The Balaban J connectivity index is 1.42. The van der Waals surface area contributed by atoms with E-state index in [1.165, 1.54) is 5.56 Å². The van der Waals surface area contributed by atoms with Crippen LogP contribution in [0, 0.1) is 6.92 Å². The molecule has 3 heterocycles. The van der Waals surface area contributed by atoms with Crippen molar-refractivity contribution in [1.29, 1.82) is 0 Å². The van der Waals surface area contributed by atoms with Gasteiger partial charge in [0.1, 0.15) is 11.3 Å². The van der Waals surface area contributed by atoms with Crippen LogP contribution in [0.4, 0.5) is 0 Å². The van der Waals surface area contributed by atoms with Gasteiger partial charge in [-0.1, -0.05) is 48.0 Å². The van der Waals surface area contributed by atoms with Crippen LogP contribution in [0.15, 0.2) is 69.0 Å². The van der Waals surface area contributed by atoms with Gasteiger partial charge < -0.3 is 9.73 Å². The molecule has 1 unspecified atom stereocenters. The molecule has 0 bridgehead atoms. The van der Waals surface area contributed by atoms with Crippen molar-refractivity contribution >= 4 is 28.5 Å². The van der Waals surface area contributed by atoms with E-state index in [2.05, 4.69) is 51.7 Å². The highest BCUT2D eigenvalue weighted by atomic mass is 16.3. The topological polar surface area (TPSA) is 82.2 Å². The standard InChI is InChI=1S/C25H27N5O2/c1-17-6-8-18(9-7-17)20-15-21(23-14-19-4-2-3-5-22(19)32-23)28-25(27-20)29-24(31)16-30-12-10-26-11-13-30/h2-9,14,20,26H,10-13,15-16H2,1H3,(H,27,29,31). The quantitative estimate of drug-likeness (QED) is 0.668. The number of aliphatic imine (C=N–C) groups is 2. The summed E-state index contributed by atoms with van der Waals surface area (Å²) in [4.78, 5) is 24.3. The van der Waals surface area contributed by atoms with Gasteiger partial charge in [0.25, 0.3) is 0 Å². The monoisotopic (exact) mass is 429 g/mol. The number of fused-ring (bicyclic) bond motifs is 1. The van der Waals surface area contributed by atoms with E-state index in [9.17, 15) is 4.79 Å². The van der Waals surface area contributed by atoms with E-state index in [0.29, 0.717) is 24.7 Å². The molecule has 2 N–H and O–H groups in total. The molecule has 1 saturated heterocycles. The SMILES string of the molecule is Cc1ccc(C2CC(c3cc4ccccc4o3)=NC(NC(=O)CN3CCNCC3)=N2)cc1. The largest absolute Gasteiger partial charge is 0.455 e. The molecular formula is C25H27N5O2. The van der Waals surface area contributed by atoms with Crippen molar-refractivity contribution in [1.82, 2.24) is 15.5 Å². The average molecular weight is 430 g/mol. The number of benzene rings is 2. The molecule has 5 rings (SSSR count). The first-order valence-electron chi connectivity index (χ1n) is 11.1. The number of nitrogens with one attached hydrogen (secondary N) is 2. The smallest absolute Gasteiger partial charge is 0.240 e. The Kier molecular flexibility index (Phi) is 5.83. The predicted octanol–water partition coefficient (Wildman–Crippen LogP) is 3.05. The number of guanidine groups is 1. The molecule has 164 valence electrons. The summed E-state index contributed by atoms with van der Waals surface area (Å²) in [6, 6.07) is 18.1. The highest BCUT2D eigenvalue weighted by Crippen LogP contribution is 2.29. The number of aryl methyl sites for hydroxylation is 1. The zero-order valence-corrected chi connectivity index (χ0v) is 18.2. The first-order valence-corrected chi connectivity index (χ1v) is 11.1. The molecule has 1 fully saturated rings. The minimum Gasteiger partial charge on any atom is -0.455 e. The second-order valence-corrected chi connectivity index (χ2v) is 8.36. The number of rotatable bonds is 4. The third kappa shape index (κ3) is 4.64. The van der Waals surface area contributed by atoms with Gasteiger partial charge in [0, 0.05) is 38.0 Å². The number of carbonyl (C=O) groups excluding carboxylic acids is 1. The minimum absolute atomic E-state index is 0.0945. The van der Waals surface area contributed by atoms with Crippen molar-refractivity contribution < 1.29 is 9.21 Å². The van der Waals surface area contributed by atoms with Crippen LogP contribution in [0.3, 0.4) is 0 Å². The minimum atomic E-state index is -0.134. The van der Waals surface area contributed by atoms with Gasteiger partial charge in [-0.25, -0.2) is 9.98 Å². The van der Waals surface area contributed by atoms with E-state index < -0.39 is 0 Å². The van der Waals surface area contributed by atoms with Crippen LogP contribution in [0.5, 0.6) is 0 Å². The maximum Gasteiger partial charge on any atom is 0.240 e. The molecule has 2 aromatic carbocycles. The van der Waals surface area contributed by atoms with Crippen LogP contribution in [0.25, 0.3) is 11.0 Å². The van der Waals surface area contributed by atoms with E-state index in [-0.39, 0.29) is 11.9 Å². The third-order valence-electron chi connectivity index (χ3n) is 5.91. The molecule has 7 heteroatoms. The van der Waals surface area contributed by atoms with E-state index in [1.807, 2.05) is 30.3 Å². The predicted molar refractivity (Wildman–Crippen MR) is 126 cm³/mol. The van der Waals surface area contributed by atoms with E-state index in [1.54, 1.807) is 0 Å². The van der Waals surface area contributed by atoms with E-state index in [4.69, 9.17) is 9.41 Å². The van der Waals surface area contributed by atoms with Crippen molar-refractivity contribution in [2.45, 2.75) is 19.4 Å². The molecule has 0 aliphatic carbocycles. The van der Waals surface area contributed by atoms with Gasteiger partial charge in [0.05, 0.1) is 18.3 Å². The fraction of sp³-hybridized carbons (Fsp3) is 0.320. The lowest BCUT2D eigenvalue weighted by atomic mass is 9.98. The van der Waals surface area contributed by atoms with Gasteiger partial charge >= 0.3 is 0 Å². The molecular weight excluding hydrogens is 402 g/mol.